The van der Waals surface area contributed by atoms with Gasteiger partial charge in [0.2, 0.25) is 0 Å². The molecule has 6 aromatic rings. The van der Waals surface area contributed by atoms with Gasteiger partial charge in [0.1, 0.15) is 28.7 Å². The van der Waals surface area contributed by atoms with Gasteiger partial charge >= 0.3 is 5.97 Å². The van der Waals surface area contributed by atoms with Crippen molar-refractivity contribution in [3.63, 3.8) is 0 Å². The number of esters is 1. The number of carbonyl (C=O) groups excluding carboxylic acids is 3. The van der Waals surface area contributed by atoms with E-state index in [9.17, 15) is 14.4 Å². The van der Waals surface area contributed by atoms with E-state index in [-0.39, 0.29) is 48.2 Å². The number of hydrogen-bond acceptors (Lipinski definition) is 12. The molecular formula is C62H65Cl5N4O8. The maximum atomic E-state index is 12.1. The average molecular weight is 1170 g/mol. The third-order valence-electron chi connectivity index (χ3n) is 17.7. The number of halogens is 5. The van der Waals surface area contributed by atoms with Crippen molar-refractivity contribution in [3.05, 3.63) is 149 Å². The van der Waals surface area contributed by atoms with E-state index < -0.39 is 0 Å². The van der Waals surface area contributed by atoms with Crippen LogP contribution in [0.3, 0.4) is 0 Å². The first-order valence-electron chi connectivity index (χ1n) is 27.8. The lowest BCUT2D eigenvalue weighted by molar-refractivity contribution is -0.130. The van der Waals surface area contributed by atoms with Gasteiger partial charge in [0, 0.05) is 83.7 Å². The van der Waals surface area contributed by atoms with Gasteiger partial charge in [0.15, 0.2) is 5.78 Å². The lowest BCUT2D eigenvalue weighted by atomic mass is 9.81. The van der Waals surface area contributed by atoms with Crippen LogP contribution < -0.4 is 5.32 Å². The van der Waals surface area contributed by atoms with Gasteiger partial charge in [-0.2, -0.15) is 0 Å². The fraction of sp³-hybridized carbons (Fsp3) is 0.468. The van der Waals surface area contributed by atoms with Crippen LogP contribution >= 0.6 is 58.8 Å². The normalized spacial score (nSPS) is 24.4. The van der Waals surface area contributed by atoms with E-state index in [1.807, 2.05) is 54.6 Å². The molecule has 6 aliphatic carbocycles. The molecule has 12 nitrogen and oxygen atoms in total. The summed E-state index contributed by atoms with van der Waals surface area (Å²) in [5.74, 6) is 4.65. The highest BCUT2D eigenvalue weighted by atomic mass is 35.5. The van der Waals surface area contributed by atoms with Crippen LogP contribution in [0.1, 0.15) is 161 Å². The highest BCUT2D eigenvalue weighted by Gasteiger charge is 2.47. The topological polar surface area (TPSA) is 146 Å². The Hall–Kier alpha value is -4.60. The summed E-state index contributed by atoms with van der Waals surface area (Å²) in [7, 11) is 1.40. The Morgan fingerprint density at radius 2 is 1.08 bits per heavy atom. The first-order chi connectivity index (χ1) is 37.9. The Morgan fingerprint density at radius 1 is 0.608 bits per heavy atom. The van der Waals surface area contributed by atoms with Gasteiger partial charge in [0.05, 0.1) is 58.2 Å². The van der Waals surface area contributed by atoms with Crippen molar-refractivity contribution in [2.24, 2.45) is 23.7 Å². The summed E-state index contributed by atoms with van der Waals surface area (Å²) in [5.41, 5.74) is 11.4. The lowest BCUT2D eigenvalue weighted by Gasteiger charge is -2.40. The average Bonchev–Trinajstić information content (AvgIpc) is 4.40. The molecule has 4 aromatic carbocycles. The van der Waals surface area contributed by atoms with Crippen molar-refractivity contribution in [3.8, 4) is 22.5 Å². The monoisotopic (exact) mass is 1170 g/mol. The van der Waals surface area contributed by atoms with Crippen molar-refractivity contribution >= 4 is 76.3 Å². The maximum Gasteiger partial charge on any atom is 0.337 e. The molecule has 4 unspecified atom stereocenters. The van der Waals surface area contributed by atoms with E-state index in [1.165, 1.54) is 42.2 Å². The minimum Gasteiger partial charge on any atom is -0.465 e. The number of fused-ring (bicyclic) bond motifs is 6. The number of benzene rings is 4. The van der Waals surface area contributed by atoms with Crippen LogP contribution in [0, 0.1) is 23.7 Å². The van der Waals surface area contributed by atoms with Crippen LogP contribution in [0.5, 0.6) is 0 Å². The molecule has 6 fully saturated rings. The third kappa shape index (κ3) is 11.9. The molecule has 4 atom stereocenters. The zero-order valence-electron chi connectivity index (χ0n) is 44.4. The van der Waals surface area contributed by atoms with Gasteiger partial charge in [-0.15, -0.1) is 12.4 Å². The molecule has 79 heavy (non-hydrogen) atoms. The molecule has 14 rings (SSSR count). The molecule has 416 valence electrons. The number of methoxy groups -OCH3 is 1. The van der Waals surface area contributed by atoms with Gasteiger partial charge in [-0.1, -0.05) is 87.0 Å². The van der Waals surface area contributed by atoms with Crippen molar-refractivity contribution in [2.75, 3.05) is 7.11 Å². The van der Waals surface area contributed by atoms with Gasteiger partial charge in [-0.3, -0.25) is 14.5 Å². The fourth-order valence-corrected chi connectivity index (χ4v) is 14.6. The van der Waals surface area contributed by atoms with E-state index in [0.29, 0.717) is 85.6 Å². The highest BCUT2D eigenvalue weighted by molar-refractivity contribution is 6.39. The van der Waals surface area contributed by atoms with Crippen molar-refractivity contribution in [1.82, 2.24) is 20.5 Å². The van der Waals surface area contributed by atoms with Crippen LogP contribution in [-0.4, -0.2) is 58.1 Å². The van der Waals surface area contributed by atoms with E-state index in [0.717, 1.165) is 130 Å². The minimum absolute atomic E-state index is 0. The third-order valence-corrected chi connectivity index (χ3v) is 18.9. The quantitative estimate of drug-likeness (QED) is 0.0867. The zero-order valence-corrected chi connectivity index (χ0v) is 48.2. The Labute approximate surface area is 487 Å². The summed E-state index contributed by atoms with van der Waals surface area (Å²) in [6.07, 6.45) is 13.2. The number of ether oxygens (including phenoxy) is 3. The number of nitrogens with zero attached hydrogens (tertiary/aromatic N) is 3. The number of rotatable bonds is 13. The second-order valence-electron chi connectivity index (χ2n) is 22.8. The first-order valence-corrected chi connectivity index (χ1v) is 29.3. The molecule has 0 amide bonds. The summed E-state index contributed by atoms with van der Waals surface area (Å²) >= 11 is 25.9. The molecule has 4 heterocycles. The van der Waals surface area contributed by atoms with Crippen LogP contribution in [0.15, 0.2) is 81.8 Å². The van der Waals surface area contributed by atoms with Crippen LogP contribution in [0.2, 0.25) is 20.1 Å². The smallest absolute Gasteiger partial charge is 0.337 e. The van der Waals surface area contributed by atoms with E-state index in [1.54, 1.807) is 13.0 Å². The van der Waals surface area contributed by atoms with Crippen molar-refractivity contribution in [1.29, 1.82) is 0 Å². The maximum absolute atomic E-state index is 12.1. The van der Waals surface area contributed by atoms with Gasteiger partial charge in [-0.05, 0) is 161 Å². The molecule has 17 heteroatoms. The standard InChI is InChI=1S/C31H32Cl2N2O3.C21H21Cl2NO3.C10H11NO2.ClH/c1-17(36)19-7-10-22-14-35(15-23(22)11-19)30-20-8-9-21(30)13-24(12-20)37-16-25-29(34-38-31(25)18-5-6-18)28-26(32)3-2-4-27(28)33;22-16-2-1-3-17(23)18(16)19-15(21(27-24-19)11-4-5-11)10-26-14-8-12-6-7-13(9-14)20(12)25;1-13-10(12)7-2-3-8-5-11-6-9(8)4-7;/h2-4,7,10-11,18,20-21,24,30H,5-6,8-9,12-16H2,1H3;1-3,11-14H,4-10H2;2-4,11H,5-6H2,1H3;1H. The number of ketones is 2. The second-order valence-corrected chi connectivity index (χ2v) is 24.4. The predicted molar refractivity (Wildman–Crippen MR) is 306 cm³/mol. The number of Topliss-reactive ketones (excluding diaryl/α,β-unsaturated/α-hetero) is 2. The Bertz CT molecular complexity index is 3190. The number of hydrogen-bond donors (Lipinski definition) is 1. The summed E-state index contributed by atoms with van der Waals surface area (Å²) < 4.78 is 29.1. The zero-order chi connectivity index (χ0) is 53.8. The van der Waals surface area contributed by atoms with Crippen LogP contribution in [0.25, 0.3) is 22.5 Å². The van der Waals surface area contributed by atoms with Gasteiger partial charge < -0.3 is 28.6 Å². The molecule has 0 spiro atoms. The van der Waals surface area contributed by atoms with E-state index in [2.05, 4.69) is 37.4 Å². The Balaban J connectivity index is 0.000000140. The number of nitrogens with one attached hydrogen (secondary N) is 1. The summed E-state index contributed by atoms with van der Waals surface area (Å²) in [6.45, 7) is 6.23. The highest BCUT2D eigenvalue weighted by Crippen LogP contribution is 2.51. The Morgan fingerprint density at radius 3 is 1.59 bits per heavy atom. The summed E-state index contributed by atoms with van der Waals surface area (Å²) in [6, 6.07) is 23.5. The van der Waals surface area contributed by atoms with Gasteiger partial charge in [-0.25, -0.2) is 4.79 Å². The summed E-state index contributed by atoms with van der Waals surface area (Å²) in [5, 5.41) is 14.2. The first kappa shape index (κ1) is 56.3. The van der Waals surface area contributed by atoms with Crippen molar-refractivity contribution < 1.29 is 37.6 Å². The predicted octanol–water partition coefficient (Wildman–Crippen LogP) is 15.1. The van der Waals surface area contributed by atoms with Crippen LogP contribution in [0.4, 0.5) is 0 Å². The SMILES string of the molecule is CC(=O)c1ccc2c(c1)CN(C1C3CCC1CC(OCc1c(-c4c(Cl)cccc4Cl)noc1C1CC1)C3)C2.COC(=O)c1ccc2c(c1)CNC2.Cl.O=C1C2CCC1CC(OCc1c(-c3c(Cl)cccc3Cl)noc1C1CC1)C2. The molecule has 4 bridgehead atoms. The van der Waals surface area contributed by atoms with E-state index >= 15 is 0 Å². The molecular weight excluding hydrogens is 1110 g/mol. The molecule has 2 aromatic heterocycles. The number of aromatic nitrogens is 2. The van der Waals surface area contributed by atoms with Crippen LogP contribution in [-0.2, 0) is 58.4 Å². The minimum atomic E-state index is -0.269. The molecule has 0 saturated heterocycles. The Kier molecular flexibility index (Phi) is 17.2. The molecule has 6 saturated carbocycles. The van der Waals surface area contributed by atoms with Crippen molar-refractivity contribution in [2.45, 2.75) is 153 Å². The number of carbonyl (C=O) groups is 3. The second kappa shape index (κ2) is 24.1. The summed E-state index contributed by atoms with van der Waals surface area (Å²) in [4.78, 5) is 37.8. The molecule has 2 aliphatic heterocycles. The fourth-order valence-electron chi connectivity index (χ4n) is 13.4. The van der Waals surface area contributed by atoms with Gasteiger partial charge in [0.25, 0.3) is 0 Å². The molecule has 0 radical (unpaired) electrons. The molecule has 1 N–H and O–H groups in total. The molecule has 8 aliphatic rings. The van der Waals surface area contributed by atoms with E-state index in [4.69, 9.17) is 64.9 Å². The largest absolute Gasteiger partial charge is 0.465 e. The lowest BCUT2D eigenvalue weighted by Crippen LogP contribution is -2.44.